The molecule has 2 rings (SSSR count). The Morgan fingerprint density at radius 2 is 1.48 bits per heavy atom. The van der Waals surface area contributed by atoms with Crippen LogP contribution in [-0.4, -0.2) is 5.11 Å². The third-order valence-corrected chi connectivity index (χ3v) is 3.93. The van der Waals surface area contributed by atoms with Crippen LogP contribution < -0.4 is 0 Å². The highest BCUT2D eigenvalue weighted by Gasteiger charge is 2.29. The first-order valence-electron chi connectivity index (χ1n) is 7.19. The molecule has 0 radical (unpaired) electrons. The minimum Gasteiger partial charge on any atom is -0.508 e. The standard InChI is InChI=1S/C18H21NO2/c1-13(2)12-18(3,15-6-10-17(20)11-7-15)14-4-8-16(19-21)9-5-14/h4-11,13,20H,12H2,1-3H3. The van der Waals surface area contributed by atoms with Gasteiger partial charge in [0.1, 0.15) is 11.4 Å². The van der Waals surface area contributed by atoms with Crippen molar-refractivity contribution in [1.82, 2.24) is 0 Å². The second-order valence-corrected chi connectivity index (χ2v) is 6.12. The molecule has 2 aromatic carbocycles. The molecule has 110 valence electrons. The van der Waals surface area contributed by atoms with Gasteiger partial charge in [-0.05, 0) is 52.9 Å². The Labute approximate surface area is 125 Å². The number of aromatic hydroxyl groups is 1. The third-order valence-electron chi connectivity index (χ3n) is 3.93. The maximum absolute atomic E-state index is 10.6. The first-order chi connectivity index (χ1) is 9.95. The van der Waals surface area contributed by atoms with Crippen molar-refractivity contribution in [3.8, 4) is 5.75 Å². The SMILES string of the molecule is CC(C)CC(C)(c1ccc(O)cc1)c1ccc(N=O)cc1. The van der Waals surface area contributed by atoms with Gasteiger partial charge in [-0.3, -0.25) is 0 Å². The summed E-state index contributed by atoms with van der Waals surface area (Å²) in [5, 5.41) is 12.5. The van der Waals surface area contributed by atoms with Gasteiger partial charge >= 0.3 is 0 Å². The molecule has 0 fully saturated rings. The average Bonchev–Trinajstić information content (AvgIpc) is 2.47. The summed E-state index contributed by atoms with van der Waals surface area (Å²) in [6.07, 6.45) is 0.978. The fraction of sp³-hybridized carbons (Fsp3) is 0.333. The van der Waals surface area contributed by atoms with Gasteiger partial charge in [0.25, 0.3) is 0 Å². The molecule has 3 nitrogen and oxygen atoms in total. The van der Waals surface area contributed by atoms with Crippen molar-refractivity contribution >= 4 is 5.69 Å². The molecule has 0 aliphatic heterocycles. The van der Waals surface area contributed by atoms with E-state index in [9.17, 15) is 10.0 Å². The molecular weight excluding hydrogens is 262 g/mol. The van der Waals surface area contributed by atoms with Crippen LogP contribution in [0.1, 0.15) is 38.3 Å². The lowest BCUT2D eigenvalue weighted by Gasteiger charge is -2.33. The highest BCUT2D eigenvalue weighted by Crippen LogP contribution is 2.38. The van der Waals surface area contributed by atoms with Crippen LogP contribution in [0.3, 0.4) is 0 Å². The normalized spacial score (nSPS) is 13.9. The molecule has 0 spiro atoms. The van der Waals surface area contributed by atoms with Crippen LogP contribution >= 0.6 is 0 Å². The van der Waals surface area contributed by atoms with Crippen molar-refractivity contribution < 1.29 is 5.11 Å². The summed E-state index contributed by atoms with van der Waals surface area (Å²) in [4.78, 5) is 10.6. The van der Waals surface area contributed by atoms with Gasteiger partial charge in [0.05, 0.1) is 0 Å². The van der Waals surface area contributed by atoms with Crippen LogP contribution in [0, 0.1) is 10.8 Å². The van der Waals surface area contributed by atoms with Crippen molar-refractivity contribution in [2.75, 3.05) is 0 Å². The van der Waals surface area contributed by atoms with Crippen LogP contribution in [-0.2, 0) is 5.41 Å². The van der Waals surface area contributed by atoms with Crippen molar-refractivity contribution in [2.45, 2.75) is 32.6 Å². The van der Waals surface area contributed by atoms with E-state index in [2.05, 4.69) is 25.9 Å². The maximum Gasteiger partial charge on any atom is 0.115 e. The highest BCUT2D eigenvalue weighted by atomic mass is 16.3. The zero-order valence-corrected chi connectivity index (χ0v) is 12.7. The number of rotatable bonds is 5. The van der Waals surface area contributed by atoms with Crippen LogP contribution in [0.25, 0.3) is 0 Å². The Kier molecular flexibility index (Phi) is 4.41. The lowest BCUT2D eigenvalue weighted by atomic mass is 9.71. The summed E-state index contributed by atoms with van der Waals surface area (Å²) in [5.74, 6) is 0.791. The summed E-state index contributed by atoms with van der Waals surface area (Å²) >= 11 is 0. The summed E-state index contributed by atoms with van der Waals surface area (Å²) in [7, 11) is 0. The lowest BCUT2D eigenvalue weighted by molar-refractivity contribution is 0.426. The molecule has 3 heteroatoms. The van der Waals surface area contributed by atoms with E-state index in [1.165, 1.54) is 0 Å². The van der Waals surface area contributed by atoms with Crippen molar-refractivity contribution in [1.29, 1.82) is 0 Å². The Bertz CT molecular complexity index is 602. The van der Waals surface area contributed by atoms with E-state index < -0.39 is 0 Å². The minimum absolute atomic E-state index is 0.163. The molecule has 1 atom stereocenters. The largest absolute Gasteiger partial charge is 0.508 e. The van der Waals surface area contributed by atoms with E-state index in [1.807, 2.05) is 24.3 Å². The van der Waals surface area contributed by atoms with Crippen molar-refractivity contribution in [3.05, 3.63) is 64.6 Å². The molecule has 0 aromatic heterocycles. The first kappa shape index (κ1) is 15.2. The lowest BCUT2D eigenvalue weighted by Crippen LogP contribution is -2.25. The van der Waals surface area contributed by atoms with Crippen LogP contribution in [0.15, 0.2) is 53.7 Å². The monoisotopic (exact) mass is 283 g/mol. The van der Waals surface area contributed by atoms with Gasteiger partial charge in [0.15, 0.2) is 0 Å². The van der Waals surface area contributed by atoms with Crippen molar-refractivity contribution in [3.63, 3.8) is 0 Å². The predicted molar refractivity (Wildman–Crippen MR) is 85.9 cm³/mol. The number of phenols is 1. The molecule has 0 bridgehead atoms. The topological polar surface area (TPSA) is 49.7 Å². The van der Waals surface area contributed by atoms with Gasteiger partial charge in [-0.15, -0.1) is 4.91 Å². The number of phenolic OH excluding ortho intramolecular Hbond substituents is 1. The van der Waals surface area contributed by atoms with Gasteiger partial charge in [0, 0.05) is 5.41 Å². The fourth-order valence-electron chi connectivity index (χ4n) is 2.94. The quantitative estimate of drug-likeness (QED) is 0.772. The molecule has 0 aliphatic rings. The Balaban J connectivity index is 2.49. The summed E-state index contributed by atoms with van der Waals surface area (Å²) in [6, 6.07) is 14.8. The summed E-state index contributed by atoms with van der Waals surface area (Å²) < 4.78 is 0. The highest BCUT2D eigenvalue weighted by molar-refractivity contribution is 5.45. The summed E-state index contributed by atoms with van der Waals surface area (Å²) in [5.41, 5.74) is 2.58. The molecular formula is C18H21NO2. The van der Waals surface area contributed by atoms with E-state index >= 15 is 0 Å². The molecule has 1 unspecified atom stereocenters. The molecule has 2 aromatic rings. The Morgan fingerprint density at radius 3 is 1.90 bits per heavy atom. The number of hydrogen-bond acceptors (Lipinski definition) is 3. The van der Waals surface area contributed by atoms with Crippen LogP contribution in [0.5, 0.6) is 5.75 Å². The average molecular weight is 283 g/mol. The smallest absolute Gasteiger partial charge is 0.115 e. The van der Waals surface area contributed by atoms with Gasteiger partial charge < -0.3 is 5.11 Å². The molecule has 0 heterocycles. The number of hydrogen-bond donors (Lipinski definition) is 1. The minimum atomic E-state index is -0.163. The van der Waals surface area contributed by atoms with Gasteiger partial charge in [-0.1, -0.05) is 45.0 Å². The molecule has 0 saturated heterocycles. The second-order valence-electron chi connectivity index (χ2n) is 6.12. The van der Waals surface area contributed by atoms with Gasteiger partial charge in [-0.25, -0.2) is 0 Å². The Hall–Kier alpha value is -2.16. The number of nitroso groups, excluding NO2 is 1. The number of nitrogens with zero attached hydrogens (tertiary/aromatic N) is 1. The number of benzene rings is 2. The maximum atomic E-state index is 10.6. The summed E-state index contributed by atoms with van der Waals surface area (Å²) in [6.45, 7) is 6.59. The predicted octanol–water partition coefficient (Wildman–Crippen LogP) is 5.14. The van der Waals surface area contributed by atoms with Crippen LogP contribution in [0.2, 0.25) is 0 Å². The molecule has 21 heavy (non-hydrogen) atoms. The van der Waals surface area contributed by atoms with Gasteiger partial charge in [-0.2, -0.15) is 0 Å². The van der Waals surface area contributed by atoms with Gasteiger partial charge in [0.2, 0.25) is 0 Å². The zero-order valence-electron chi connectivity index (χ0n) is 12.7. The molecule has 0 amide bonds. The third kappa shape index (κ3) is 3.30. The van der Waals surface area contributed by atoms with Crippen LogP contribution in [0.4, 0.5) is 5.69 Å². The molecule has 1 N–H and O–H groups in total. The second kappa shape index (κ2) is 6.08. The van der Waals surface area contributed by atoms with E-state index in [0.717, 1.165) is 17.5 Å². The van der Waals surface area contributed by atoms with E-state index in [1.54, 1.807) is 24.3 Å². The van der Waals surface area contributed by atoms with E-state index in [-0.39, 0.29) is 11.2 Å². The van der Waals surface area contributed by atoms with Crippen molar-refractivity contribution in [2.24, 2.45) is 11.1 Å². The molecule has 0 saturated carbocycles. The Morgan fingerprint density at radius 1 is 1.00 bits per heavy atom. The van der Waals surface area contributed by atoms with E-state index in [0.29, 0.717) is 11.6 Å². The van der Waals surface area contributed by atoms with E-state index in [4.69, 9.17) is 0 Å². The zero-order chi connectivity index (χ0) is 15.5. The molecule has 0 aliphatic carbocycles. The first-order valence-corrected chi connectivity index (χ1v) is 7.19. The fourth-order valence-corrected chi connectivity index (χ4v) is 2.94.